The van der Waals surface area contributed by atoms with Gasteiger partial charge >= 0.3 is 5.97 Å². The first-order valence-electron chi connectivity index (χ1n) is 11.8. The van der Waals surface area contributed by atoms with E-state index in [4.69, 9.17) is 4.74 Å². The Labute approximate surface area is 209 Å². The number of aliphatic hydroxyl groups excluding tert-OH is 1. The lowest BCUT2D eigenvalue weighted by molar-refractivity contribution is -0.111. The molecule has 0 radical (unpaired) electrons. The summed E-state index contributed by atoms with van der Waals surface area (Å²) >= 11 is 0. The van der Waals surface area contributed by atoms with Crippen LogP contribution in [-0.4, -0.2) is 39.7 Å². The van der Waals surface area contributed by atoms with Crippen molar-refractivity contribution in [2.24, 2.45) is 0 Å². The predicted octanol–water partition coefficient (Wildman–Crippen LogP) is 5.43. The number of aromatic amines is 1. The van der Waals surface area contributed by atoms with E-state index in [0.717, 1.165) is 38.9 Å². The zero-order valence-electron chi connectivity index (χ0n) is 20.6. The zero-order valence-corrected chi connectivity index (χ0v) is 20.6. The van der Waals surface area contributed by atoms with E-state index in [0.29, 0.717) is 23.3 Å². The molecule has 0 aliphatic heterocycles. The highest BCUT2D eigenvalue weighted by Gasteiger charge is 2.20. The number of H-pyrrole nitrogens is 1. The Hall–Kier alpha value is -4.23. The minimum Gasteiger partial charge on any atom is -0.459 e. The van der Waals surface area contributed by atoms with Crippen molar-refractivity contribution >= 4 is 28.6 Å². The topological polar surface area (TPSA) is 104 Å². The summed E-state index contributed by atoms with van der Waals surface area (Å²) in [7, 11) is 0. The van der Waals surface area contributed by atoms with Gasteiger partial charge in [0, 0.05) is 29.4 Å². The van der Waals surface area contributed by atoms with Gasteiger partial charge in [0.2, 0.25) is 5.91 Å². The monoisotopic (exact) mass is 483 g/mol. The number of rotatable bonds is 8. The molecule has 2 aromatic heterocycles. The van der Waals surface area contributed by atoms with E-state index >= 15 is 0 Å². The van der Waals surface area contributed by atoms with Crippen LogP contribution >= 0.6 is 0 Å². The SMILES string of the molecule is C=CC(=O)Nc1cc(-c2c(-c3ccc(CCO)cc3)[nH]c3ncc(C(=O)OC(C)C)cc23)ccc1C. The fourth-order valence-electron chi connectivity index (χ4n) is 4.04. The summed E-state index contributed by atoms with van der Waals surface area (Å²) in [6.45, 7) is 9.14. The van der Waals surface area contributed by atoms with Crippen molar-refractivity contribution in [2.45, 2.75) is 33.3 Å². The molecule has 1 amide bonds. The molecule has 36 heavy (non-hydrogen) atoms. The Morgan fingerprint density at radius 1 is 1.14 bits per heavy atom. The third-order valence-electron chi connectivity index (χ3n) is 5.84. The van der Waals surface area contributed by atoms with E-state index in [-0.39, 0.29) is 18.6 Å². The van der Waals surface area contributed by atoms with Gasteiger partial charge in [-0.2, -0.15) is 0 Å². The maximum absolute atomic E-state index is 12.6. The molecule has 0 saturated heterocycles. The summed E-state index contributed by atoms with van der Waals surface area (Å²) in [5.41, 5.74) is 7.02. The molecule has 4 rings (SSSR count). The number of aromatic nitrogens is 2. The standard InChI is InChI=1S/C29H29N3O4/c1-5-25(34)31-24-15-21(9-6-18(24)4)26-23-14-22(29(35)36-17(2)3)16-30-28(23)32-27(26)20-10-7-19(8-11-20)12-13-33/h5-11,14-17,33H,1,12-13H2,2-4H3,(H,30,32)(H,31,34). The number of pyridine rings is 1. The van der Waals surface area contributed by atoms with Gasteiger partial charge in [0.25, 0.3) is 0 Å². The number of hydrogen-bond donors (Lipinski definition) is 3. The number of carbonyl (C=O) groups excluding carboxylic acids is 2. The van der Waals surface area contributed by atoms with Gasteiger partial charge in [-0.15, -0.1) is 0 Å². The van der Waals surface area contributed by atoms with Crippen molar-refractivity contribution in [1.82, 2.24) is 9.97 Å². The van der Waals surface area contributed by atoms with E-state index in [1.54, 1.807) is 19.9 Å². The fourth-order valence-corrected chi connectivity index (χ4v) is 4.04. The maximum Gasteiger partial charge on any atom is 0.339 e. The molecule has 2 aromatic carbocycles. The number of fused-ring (bicyclic) bond motifs is 1. The summed E-state index contributed by atoms with van der Waals surface area (Å²) in [6.07, 6.45) is 3.06. The number of nitrogens with zero attached hydrogens (tertiary/aromatic N) is 1. The molecule has 0 saturated carbocycles. The number of aryl methyl sites for hydroxylation is 1. The first-order valence-corrected chi connectivity index (χ1v) is 11.8. The number of aliphatic hydroxyl groups is 1. The van der Waals surface area contributed by atoms with Crippen LogP contribution in [0, 0.1) is 6.92 Å². The maximum atomic E-state index is 12.6. The van der Waals surface area contributed by atoms with Crippen LogP contribution in [-0.2, 0) is 16.0 Å². The van der Waals surface area contributed by atoms with Crippen molar-refractivity contribution < 1.29 is 19.4 Å². The lowest BCUT2D eigenvalue weighted by atomic mass is 9.96. The lowest BCUT2D eigenvalue weighted by Gasteiger charge is -2.12. The molecule has 0 unspecified atom stereocenters. The Morgan fingerprint density at radius 2 is 1.86 bits per heavy atom. The third-order valence-corrected chi connectivity index (χ3v) is 5.84. The van der Waals surface area contributed by atoms with Crippen molar-refractivity contribution in [2.75, 3.05) is 11.9 Å². The summed E-state index contributed by atoms with van der Waals surface area (Å²) in [6, 6.07) is 15.5. The van der Waals surface area contributed by atoms with Crippen LogP contribution in [0.25, 0.3) is 33.4 Å². The molecule has 0 bridgehead atoms. The Kier molecular flexibility index (Phi) is 7.31. The Balaban J connectivity index is 1.92. The van der Waals surface area contributed by atoms with Crippen LogP contribution in [0.4, 0.5) is 5.69 Å². The van der Waals surface area contributed by atoms with Gasteiger partial charge in [-0.25, -0.2) is 9.78 Å². The molecule has 7 nitrogen and oxygen atoms in total. The number of amides is 1. The number of hydrogen-bond acceptors (Lipinski definition) is 5. The van der Waals surface area contributed by atoms with Crippen LogP contribution < -0.4 is 5.32 Å². The molecule has 2 heterocycles. The summed E-state index contributed by atoms with van der Waals surface area (Å²) in [5, 5.41) is 12.9. The predicted molar refractivity (Wildman–Crippen MR) is 142 cm³/mol. The Bertz CT molecular complexity index is 1440. The van der Waals surface area contributed by atoms with Crippen LogP contribution in [0.1, 0.15) is 35.3 Å². The molecule has 0 aliphatic rings. The normalized spacial score (nSPS) is 11.0. The zero-order chi connectivity index (χ0) is 25.8. The average Bonchev–Trinajstić information content (AvgIpc) is 3.24. The van der Waals surface area contributed by atoms with Gasteiger partial charge in [0.1, 0.15) is 5.65 Å². The van der Waals surface area contributed by atoms with Crippen LogP contribution in [0.2, 0.25) is 0 Å². The first-order chi connectivity index (χ1) is 17.3. The number of anilines is 1. The van der Waals surface area contributed by atoms with Gasteiger partial charge in [-0.3, -0.25) is 4.79 Å². The number of ether oxygens (including phenoxy) is 1. The second kappa shape index (κ2) is 10.6. The van der Waals surface area contributed by atoms with Crippen LogP contribution in [0.15, 0.2) is 67.4 Å². The van der Waals surface area contributed by atoms with E-state index in [1.807, 2.05) is 49.4 Å². The van der Waals surface area contributed by atoms with Gasteiger partial charge in [-0.05, 0) is 67.7 Å². The van der Waals surface area contributed by atoms with Gasteiger partial charge in [-0.1, -0.05) is 43.0 Å². The summed E-state index contributed by atoms with van der Waals surface area (Å²) < 4.78 is 5.38. The van der Waals surface area contributed by atoms with Crippen molar-refractivity contribution in [3.8, 4) is 22.4 Å². The van der Waals surface area contributed by atoms with Crippen molar-refractivity contribution in [3.05, 3.63) is 84.1 Å². The molecule has 3 N–H and O–H groups in total. The number of carbonyl (C=O) groups is 2. The van der Waals surface area contributed by atoms with E-state index < -0.39 is 5.97 Å². The van der Waals surface area contributed by atoms with Crippen LogP contribution in [0.3, 0.4) is 0 Å². The van der Waals surface area contributed by atoms with Crippen molar-refractivity contribution in [3.63, 3.8) is 0 Å². The van der Waals surface area contributed by atoms with Gasteiger partial charge in [0.05, 0.1) is 17.4 Å². The fraction of sp³-hybridized carbons (Fsp3) is 0.207. The first kappa shape index (κ1) is 24.9. The lowest BCUT2D eigenvalue weighted by Crippen LogP contribution is -2.11. The minimum atomic E-state index is -0.440. The summed E-state index contributed by atoms with van der Waals surface area (Å²) in [5.74, 6) is -0.737. The largest absolute Gasteiger partial charge is 0.459 e. The molecule has 7 heteroatoms. The second-order valence-electron chi connectivity index (χ2n) is 8.84. The van der Waals surface area contributed by atoms with Crippen molar-refractivity contribution in [1.29, 1.82) is 0 Å². The highest BCUT2D eigenvalue weighted by molar-refractivity contribution is 6.06. The van der Waals surface area contributed by atoms with E-state index in [2.05, 4.69) is 21.9 Å². The summed E-state index contributed by atoms with van der Waals surface area (Å²) in [4.78, 5) is 32.6. The molecule has 0 atom stereocenters. The number of nitrogens with one attached hydrogen (secondary N) is 2. The number of esters is 1. The highest BCUT2D eigenvalue weighted by atomic mass is 16.5. The van der Waals surface area contributed by atoms with E-state index in [1.165, 1.54) is 12.3 Å². The molecule has 0 aliphatic carbocycles. The quantitative estimate of drug-likeness (QED) is 0.229. The average molecular weight is 484 g/mol. The van der Waals surface area contributed by atoms with Gasteiger partial charge in [0.15, 0.2) is 0 Å². The van der Waals surface area contributed by atoms with Crippen LogP contribution in [0.5, 0.6) is 0 Å². The Morgan fingerprint density at radius 3 is 2.53 bits per heavy atom. The molecule has 0 spiro atoms. The molecule has 184 valence electrons. The smallest absolute Gasteiger partial charge is 0.339 e. The highest BCUT2D eigenvalue weighted by Crippen LogP contribution is 2.39. The molecule has 0 fully saturated rings. The molecular formula is C29H29N3O4. The second-order valence-corrected chi connectivity index (χ2v) is 8.84. The minimum absolute atomic E-state index is 0.0821. The molecular weight excluding hydrogens is 454 g/mol. The number of benzene rings is 2. The van der Waals surface area contributed by atoms with E-state index in [9.17, 15) is 14.7 Å². The third kappa shape index (κ3) is 5.21. The van der Waals surface area contributed by atoms with Gasteiger partial charge < -0.3 is 20.1 Å². The molecule has 4 aromatic rings.